The van der Waals surface area contributed by atoms with Gasteiger partial charge in [0.25, 0.3) is 0 Å². The van der Waals surface area contributed by atoms with Gasteiger partial charge in [0.05, 0.1) is 23.1 Å². The minimum absolute atomic E-state index is 0.684. The Kier molecular flexibility index (Phi) is 6.14. The highest BCUT2D eigenvalue weighted by Crippen LogP contribution is 2.30. The van der Waals surface area contributed by atoms with E-state index < -0.39 is 0 Å². The van der Waals surface area contributed by atoms with Gasteiger partial charge in [-0.2, -0.15) is 5.10 Å². The highest BCUT2D eigenvalue weighted by molar-refractivity contribution is 5.95. The molecule has 4 heterocycles. The third-order valence-corrected chi connectivity index (χ3v) is 5.85. The van der Waals surface area contributed by atoms with E-state index in [0.717, 1.165) is 57.5 Å². The SMILES string of the molecule is C=C/C(=C\C(=C/C)c1cnc2n[nH]c(-c3cc4ccncc4[nH]3)c2c1)CNCc1ccccc1. The first kappa shape index (κ1) is 21.6. The van der Waals surface area contributed by atoms with Crippen LogP contribution in [0.1, 0.15) is 18.1 Å². The maximum absolute atomic E-state index is 4.60. The standard InChI is InChI=1S/C28H26N6/c1-3-19(15-30-16-20-8-6-5-7-9-20)12-21(4-2)23-13-24-27(33-34-28(24)31-17-23)25-14-22-10-11-29-18-26(22)32-25/h3-14,17-18,30,32H,1,15-16H2,2H3,(H,31,33,34)/b19-12+,21-4+. The summed E-state index contributed by atoms with van der Waals surface area (Å²) < 4.78 is 0. The summed E-state index contributed by atoms with van der Waals surface area (Å²) in [5.41, 5.74) is 8.01. The van der Waals surface area contributed by atoms with Crippen LogP contribution in [0.25, 0.3) is 38.9 Å². The normalized spacial score (nSPS) is 12.5. The van der Waals surface area contributed by atoms with Gasteiger partial charge in [0.1, 0.15) is 0 Å². The molecule has 0 aliphatic carbocycles. The van der Waals surface area contributed by atoms with Crippen molar-refractivity contribution in [3.05, 3.63) is 109 Å². The number of pyridine rings is 2. The van der Waals surface area contributed by atoms with Crippen molar-refractivity contribution in [3.8, 4) is 11.4 Å². The van der Waals surface area contributed by atoms with E-state index in [2.05, 4.69) is 85.6 Å². The van der Waals surface area contributed by atoms with Crippen LogP contribution < -0.4 is 5.32 Å². The Morgan fingerprint density at radius 3 is 2.79 bits per heavy atom. The number of hydrogen-bond donors (Lipinski definition) is 3. The average molecular weight is 447 g/mol. The lowest BCUT2D eigenvalue weighted by molar-refractivity contribution is 0.747. The van der Waals surface area contributed by atoms with E-state index in [9.17, 15) is 0 Å². The molecule has 1 aromatic carbocycles. The zero-order valence-corrected chi connectivity index (χ0v) is 19.0. The summed E-state index contributed by atoms with van der Waals surface area (Å²) in [4.78, 5) is 12.2. The fraction of sp³-hybridized carbons (Fsp3) is 0.107. The molecule has 6 nitrogen and oxygen atoms in total. The van der Waals surface area contributed by atoms with Crippen molar-refractivity contribution in [2.75, 3.05) is 6.54 Å². The van der Waals surface area contributed by atoms with E-state index in [4.69, 9.17) is 0 Å². The topological polar surface area (TPSA) is 82.3 Å². The van der Waals surface area contributed by atoms with Gasteiger partial charge in [0.2, 0.25) is 0 Å². The first-order chi connectivity index (χ1) is 16.7. The fourth-order valence-electron chi connectivity index (χ4n) is 4.03. The number of hydrogen-bond acceptors (Lipinski definition) is 4. The Bertz CT molecular complexity index is 1470. The maximum atomic E-state index is 4.60. The van der Waals surface area contributed by atoms with Gasteiger partial charge < -0.3 is 10.3 Å². The van der Waals surface area contributed by atoms with Crippen LogP contribution in [-0.4, -0.2) is 31.7 Å². The second kappa shape index (κ2) is 9.68. The number of aromatic nitrogens is 5. The van der Waals surface area contributed by atoms with Crippen molar-refractivity contribution in [3.63, 3.8) is 0 Å². The lowest BCUT2D eigenvalue weighted by Gasteiger charge is -2.08. The summed E-state index contributed by atoms with van der Waals surface area (Å²) >= 11 is 0. The number of aromatic amines is 2. The van der Waals surface area contributed by atoms with Gasteiger partial charge in [-0.3, -0.25) is 10.1 Å². The van der Waals surface area contributed by atoms with Gasteiger partial charge in [-0.15, -0.1) is 0 Å². The van der Waals surface area contributed by atoms with Crippen LogP contribution in [0.2, 0.25) is 0 Å². The summed E-state index contributed by atoms with van der Waals surface area (Å²) in [5, 5.41) is 13.1. The second-order valence-corrected chi connectivity index (χ2v) is 8.10. The van der Waals surface area contributed by atoms with Gasteiger partial charge in [-0.05, 0) is 41.8 Å². The van der Waals surface area contributed by atoms with E-state index in [1.165, 1.54) is 5.56 Å². The molecule has 0 spiro atoms. The molecule has 0 bridgehead atoms. The minimum Gasteiger partial charge on any atom is -0.352 e. The highest BCUT2D eigenvalue weighted by atomic mass is 15.2. The number of nitrogens with zero attached hydrogens (tertiary/aromatic N) is 3. The number of rotatable bonds is 8. The smallest absolute Gasteiger partial charge is 0.181 e. The first-order valence-corrected chi connectivity index (χ1v) is 11.3. The van der Waals surface area contributed by atoms with E-state index >= 15 is 0 Å². The van der Waals surface area contributed by atoms with Crippen molar-refractivity contribution in [1.29, 1.82) is 0 Å². The molecule has 168 valence electrons. The summed E-state index contributed by atoms with van der Waals surface area (Å²) in [6.07, 6.45) is 11.6. The van der Waals surface area contributed by atoms with Crippen molar-refractivity contribution in [2.45, 2.75) is 13.5 Å². The van der Waals surface area contributed by atoms with Crippen molar-refractivity contribution < 1.29 is 0 Å². The van der Waals surface area contributed by atoms with Gasteiger partial charge in [0, 0.05) is 41.8 Å². The lowest BCUT2D eigenvalue weighted by atomic mass is 10.0. The van der Waals surface area contributed by atoms with Crippen molar-refractivity contribution in [1.82, 2.24) is 30.5 Å². The largest absolute Gasteiger partial charge is 0.352 e. The monoisotopic (exact) mass is 446 g/mol. The zero-order valence-electron chi connectivity index (χ0n) is 19.0. The molecular weight excluding hydrogens is 420 g/mol. The van der Waals surface area contributed by atoms with E-state index in [1.807, 2.05) is 37.5 Å². The maximum Gasteiger partial charge on any atom is 0.181 e. The molecule has 0 atom stereocenters. The number of fused-ring (bicyclic) bond motifs is 2. The quantitative estimate of drug-likeness (QED) is 0.263. The highest BCUT2D eigenvalue weighted by Gasteiger charge is 2.13. The molecule has 0 saturated carbocycles. The molecule has 4 aromatic heterocycles. The molecule has 3 N–H and O–H groups in total. The Morgan fingerprint density at radius 1 is 1.12 bits per heavy atom. The summed E-state index contributed by atoms with van der Waals surface area (Å²) in [5.74, 6) is 0. The number of benzene rings is 1. The van der Waals surface area contributed by atoms with E-state index in [-0.39, 0.29) is 0 Å². The van der Waals surface area contributed by atoms with Crippen molar-refractivity contribution in [2.24, 2.45) is 0 Å². The Balaban J connectivity index is 1.41. The van der Waals surface area contributed by atoms with Crippen LogP contribution in [0.5, 0.6) is 0 Å². The molecule has 0 fully saturated rings. The minimum atomic E-state index is 0.684. The molecule has 0 amide bonds. The number of allylic oxidation sites excluding steroid dienone is 3. The molecule has 0 radical (unpaired) electrons. The summed E-state index contributed by atoms with van der Waals surface area (Å²) in [7, 11) is 0. The van der Waals surface area contributed by atoms with Gasteiger partial charge in [-0.25, -0.2) is 4.98 Å². The fourth-order valence-corrected chi connectivity index (χ4v) is 4.03. The predicted molar refractivity (Wildman–Crippen MR) is 139 cm³/mol. The molecule has 6 heteroatoms. The summed E-state index contributed by atoms with van der Waals surface area (Å²) in [6, 6.07) is 16.6. The molecule has 0 unspecified atom stereocenters. The molecule has 0 aliphatic rings. The van der Waals surface area contributed by atoms with Gasteiger partial charge >= 0.3 is 0 Å². The van der Waals surface area contributed by atoms with Crippen LogP contribution in [0.3, 0.4) is 0 Å². The molecule has 0 saturated heterocycles. The average Bonchev–Trinajstić information content (AvgIpc) is 3.50. The van der Waals surface area contributed by atoms with Gasteiger partial charge in [-0.1, -0.05) is 55.1 Å². The Hall–Kier alpha value is -4.29. The van der Waals surface area contributed by atoms with Crippen LogP contribution in [0, 0.1) is 0 Å². The lowest BCUT2D eigenvalue weighted by Crippen LogP contribution is -2.15. The molecule has 0 aliphatic heterocycles. The second-order valence-electron chi connectivity index (χ2n) is 8.10. The molecule has 5 aromatic rings. The van der Waals surface area contributed by atoms with Crippen LogP contribution >= 0.6 is 0 Å². The molecular formula is C28H26N6. The molecule has 34 heavy (non-hydrogen) atoms. The zero-order chi connectivity index (χ0) is 23.3. The number of H-pyrrole nitrogens is 2. The third-order valence-electron chi connectivity index (χ3n) is 5.85. The first-order valence-electron chi connectivity index (χ1n) is 11.3. The number of nitrogens with one attached hydrogen (secondary N) is 3. The van der Waals surface area contributed by atoms with Crippen LogP contribution in [-0.2, 0) is 6.54 Å². The van der Waals surface area contributed by atoms with E-state index in [0.29, 0.717) is 5.65 Å². The molecule has 5 rings (SSSR count). The third kappa shape index (κ3) is 4.44. The van der Waals surface area contributed by atoms with Crippen molar-refractivity contribution >= 4 is 27.5 Å². The predicted octanol–water partition coefficient (Wildman–Crippen LogP) is 5.81. The van der Waals surface area contributed by atoms with Gasteiger partial charge in [0.15, 0.2) is 5.65 Å². The Morgan fingerprint density at radius 2 is 2.00 bits per heavy atom. The van der Waals surface area contributed by atoms with Crippen LogP contribution in [0.15, 0.2) is 97.5 Å². The van der Waals surface area contributed by atoms with Crippen LogP contribution in [0.4, 0.5) is 0 Å². The Labute approximate surface area is 198 Å². The summed E-state index contributed by atoms with van der Waals surface area (Å²) in [6.45, 7) is 7.58. The van der Waals surface area contributed by atoms with E-state index in [1.54, 1.807) is 6.20 Å².